The largest absolute Gasteiger partial charge is 0.391 e. The van der Waals surface area contributed by atoms with E-state index < -0.39 is 17.6 Å². The molecule has 4 atom stereocenters. The first-order chi connectivity index (χ1) is 17.6. The van der Waals surface area contributed by atoms with Gasteiger partial charge >= 0.3 is 0 Å². The topological polar surface area (TPSA) is 95.7 Å². The number of amides is 2. The third kappa shape index (κ3) is 8.14. The monoisotopic (exact) mass is 507 g/mol. The number of benzene rings is 2. The average molecular weight is 508 g/mol. The summed E-state index contributed by atoms with van der Waals surface area (Å²) in [6, 6.07) is 18.0. The molecular formula is C31H45N3O3. The first-order valence-electron chi connectivity index (χ1n) is 13.8. The van der Waals surface area contributed by atoms with Crippen molar-refractivity contribution in [2.45, 2.75) is 84.3 Å². The van der Waals surface area contributed by atoms with E-state index in [0.717, 1.165) is 24.9 Å². The van der Waals surface area contributed by atoms with Crippen LogP contribution in [0.5, 0.6) is 0 Å². The smallest absolute Gasteiger partial charge is 0.227 e. The van der Waals surface area contributed by atoms with Crippen LogP contribution in [0.2, 0.25) is 0 Å². The minimum absolute atomic E-state index is 0.0501. The van der Waals surface area contributed by atoms with Crippen LogP contribution in [0.15, 0.2) is 54.6 Å². The molecule has 202 valence electrons. The van der Waals surface area contributed by atoms with Crippen LogP contribution in [-0.2, 0) is 16.0 Å². The van der Waals surface area contributed by atoms with Crippen molar-refractivity contribution < 1.29 is 14.7 Å². The molecule has 2 aromatic carbocycles. The highest BCUT2D eigenvalue weighted by Crippen LogP contribution is 2.37. The van der Waals surface area contributed by atoms with Crippen LogP contribution in [-0.4, -0.2) is 42.2 Å². The van der Waals surface area contributed by atoms with Crippen molar-refractivity contribution in [3.8, 4) is 0 Å². The molecular weight excluding hydrogens is 462 g/mol. The van der Waals surface area contributed by atoms with Crippen molar-refractivity contribution in [3.63, 3.8) is 0 Å². The van der Waals surface area contributed by atoms with E-state index in [9.17, 15) is 14.7 Å². The molecule has 2 aromatic rings. The number of hydrogen-bond acceptors (Lipinski definition) is 4. The van der Waals surface area contributed by atoms with Crippen molar-refractivity contribution in [3.05, 3.63) is 65.7 Å². The minimum Gasteiger partial charge on any atom is -0.391 e. The summed E-state index contributed by atoms with van der Waals surface area (Å²) in [7, 11) is 0. The highest BCUT2D eigenvalue weighted by atomic mass is 16.3. The van der Waals surface area contributed by atoms with E-state index in [4.69, 9.17) is 5.73 Å². The van der Waals surface area contributed by atoms with Gasteiger partial charge in [-0.2, -0.15) is 0 Å². The molecule has 6 heteroatoms. The quantitative estimate of drug-likeness (QED) is 0.360. The molecule has 1 aliphatic rings. The van der Waals surface area contributed by atoms with Crippen molar-refractivity contribution in [2.75, 3.05) is 18.0 Å². The number of rotatable bonds is 12. The summed E-state index contributed by atoms with van der Waals surface area (Å²) in [5.74, 6) is -0.0473. The molecule has 1 aliphatic heterocycles. The molecule has 0 aliphatic carbocycles. The Kier molecular flexibility index (Phi) is 10.3. The summed E-state index contributed by atoms with van der Waals surface area (Å²) in [4.78, 5) is 27.9. The second-order valence-electron chi connectivity index (χ2n) is 11.5. The van der Waals surface area contributed by atoms with Gasteiger partial charge in [-0.25, -0.2) is 0 Å². The third-order valence-corrected chi connectivity index (χ3v) is 7.51. The number of aliphatic hydroxyl groups excluding tert-OH is 1. The molecule has 37 heavy (non-hydrogen) atoms. The molecule has 3 rings (SSSR count). The molecule has 0 unspecified atom stereocenters. The highest BCUT2D eigenvalue weighted by Gasteiger charge is 2.34. The minimum atomic E-state index is -0.806. The number of para-hydroxylation sites is 1. The summed E-state index contributed by atoms with van der Waals surface area (Å²) < 4.78 is 0. The van der Waals surface area contributed by atoms with Gasteiger partial charge in [0.05, 0.1) is 6.10 Å². The number of nitrogens with one attached hydrogen (secondary N) is 1. The lowest BCUT2D eigenvalue weighted by Gasteiger charge is -2.37. The second kappa shape index (κ2) is 13.2. The van der Waals surface area contributed by atoms with E-state index in [1.165, 1.54) is 11.1 Å². The number of nitrogens with zero attached hydrogens (tertiary/aromatic N) is 1. The molecule has 1 heterocycles. The number of carbonyl (C=O) groups is 2. The Morgan fingerprint density at radius 3 is 2.51 bits per heavy atom. The SMILES string of the molecule is CCCCNC(=O)[C@H](C)C[C@H](O)[C@@H](N)CC(C)(C)CC(=O)N1C[C@@H](c2ccccc2)Cc2ccccc21. The van der Waals surface area contributed by atoms with Gasteiger partial charge in [-0.1, -0.05) is 82.6 Å². The number of hydrogen-bond donors (Lipinski definition) is 3. The van der Waals surface area contributed by atoms with E-state index >= 15 is 0 Å². The predicted octanol–water partition coefficient (Wildman–Crippen LogP) is 4.80. The van der Waals surface area contributed by atoms with Gasteiger partial charge in [0.1, 0.15) is 0 Å². The van der Waals surface area contributed by atoms with E-state index in [1.807, 2.05) is 62.1 Å². The molecule has 0 saturated heterocycles. The Morgan fingerprint density at radius 2 is 1.81 bits per heavy atom. The van der Waals surface area contributed by atoms with Crippen LogP contribution in [0.1, 0.15) is 76.8 Å². The molecule has 0 saturated carbocycles. The van der Waals surface area contributed by atoms with E-state index in [2.05, 4.69) is 30.4 Å². The Labute approximate surface area is 222 Å². The van der Waals surface area contributed by atoms with Crippen LogP contribution in [0.4, 0.5) is 5.69 Å². The van der Waals surface area contributed by atoms with Crippen LogP contribution in [0.3, 0.4) is 0 Å². The molecule has 6 nitrogen and oxygen atoms in total. The summed E-state index contributed by atoms with van der Waals surface area (Å²) in [6.45, 7) is 9.27. The zero-order valence-electron chi connectivity index (χ0n) is 23.0. The highest BCUT2D eigenvalue weighted by molar-refractivity contribution is 5.95. The fourth-order valence-corrected chi connectivity index (χ4v) is 5.34. The van der Waals surface area contributed by atoms with Crippen LogP contribution in [0.25, 0.3) is 0 Å². The maximum absolute atomic E-state index is 13.7. The number of anilines is 1. The van der Waals surface area contributed by atoms with Gasteiger partial charge < -0.3 is 21.1 Å². The molecule has 0 spiro atoms. The summed E-state index contributed by atoms with van der Waals surface area (Å²) in [5, 5.41) is 13.7. The first kappa shape index (κ1) is 28.9. The second-order valence-corrected chi connectivity index (χ2v) is 11.5. The van der Waals surface area contributed by atoms with Gasteiger partial charge in [-0.15, -0.1) is 0 Å². The van der Waals surface area contributed by atoms with Gasteiger partial charge in [0.15, 0.2) is 0 Å². The maximum Gasteiger partial charge on any atom is 0.227 e. The number of carbonyl (C=O) groups excluding carboxylic acids is 2. The fraction of sp³-hybridized carbons (Fsp3) is 0.548. The summed E-state index contributed by atoms with van der Waals surface area (Å²) >= 11 is 0. The standard InChI is InChI=1S/C31H45N3O3/c1-5-6-16-33-30(37)22(2)17-28(35)26(32)19-31(3,4)20-29(36)34-21-25(23-12-8-7-9-13-23)18-24-14-10-11-15-27(24)34/h7-15,22,25-26,28,35H,5-6,16-21,32H2,1-4H3,(H,33,37)/t22-,25+,26+,28+/m1/s1. The zero-order chi connectivity index (χ0) is 27.0. The predicted molar refractivity (Wildman–Crippen MR) is 150 cm³/mol. The summed E-state index contributed by atoms with van der Waals surface area (Å²) in [6.07, 6.45) is 3.19. The molecule has 0 aromatic heterocycles. The average Bonchev–Trinajstić information content (AvgIpc) is 2.87. The van der Waals surface area contributed by atoms with Crippen molar-refractivity contribution >= 4 is 17.5 Å². The molecule has 0 bridgehead atoms. The summed E-state index contributed by atoms with van der Waals surface area (Å²) in [5.41, 5.74) is 9.41. The molecule has 0 fully saturated rings. The lowest BCUT2D eigenvalue weighted by molar-refractivity contribution is -0.125. The Hall–Kier alpha value is -2.70. The zero-order valence-corrected chi connectivity index (χ0v) is 23.0. The number of aliphatic hydroxyl groups is 1. The Morgan fingerprint density at radius 1 is 1.14 bits per heavy atom. The third-order valence-electron chi connectivity index (χ3n) is 7.51. The Balaban J connectivity index is 1.62. The van der Waals surface area contributed by atoms with Gasteiger partial charge in [0, 0.05) is 43.1 Å². The van der Waals surface area contributed by atoms with E-state index in [0.29, 0.717) is 32.4 Å². The van der Waals surface area contributed by atoms with Gasteiger partial charge in [0.25, 0.3) is 0 Å². The lowest BCUT2D eigenvalue weighted by Crippen LogP contribution is -2.44. The van der Waals surface area contributed by atoms with Gasteiger partial charge in [-0.05, 0) is 48.3 Å². The number of unbranched alkanes of at least 4 members (excludes halogenated alkanes) is 1. The molecule has 4 N–H and O–H groups in total. The fourth-order valence-electron chi connectivity index (χ4n) is 5.34. The van der Waals surface area contributed by atoms with Gasteiger partial charge in [0.2, 0.25) is 11.8 Å². The van der Waals surface area contributed by atoms with Crippen LogP contribution < -0.4 is 16.0 Å². The van der Waals surface area contributed by atoms with Crippen molar-refractivity contribution in [2.24, 2.45) is 17.1 Å². The lowest BCUT2D eigenvalue weighted by atomic mass is 9.79. The number of fused-ring (bicyclic) bond motifs is 1. The van der Waals surface area contributed by atoms with E-state index in [-0.39, 0.29) is 23.7 Å². The van der Waals surface area contributed by atoms with Gasteiger partial charge in [-0.3, -0.25) is 9.59 Å². The Bertz CT molecular complexity index is 1020. The molecule has 0 radical (unpaired) electrons. The van der Waals surface area contributed by atoms with Crippen molar-refractivity contribution in [1.29, 1.82) is 0 Å². The maximum atomic E-state index is 13.7. The first-order valence-corrected chi connectivity index (χ1v) is 13.8. The van der Waals surface area contributed by atoms with Crippen molar-refractivity contribution in [1.82, 2.24) is 5.32 Å². The number of nitrogens with two attached hydrogens (primary N) is 1. The normalized spacial score (nSPS) is 18.0. The van der Waals surface area contributed by atoms with Crippen LogP contribution >= 0.6 is 0 Å². The van der Waals surface area contributed by atoms with Crippen LogP contribution in [0, 0.1) is 11.3 Å². The molecule has 2 amide bonds. The van der Waals surface area contributed by atoms with E-state index in [1.54, 1.807) is 0 Å².